The molecule has 0 spiro atoms. The molecule has 23 heavy (non-hydrogen) atoms. The average Bonchev–Trinajstić information content (AvgIpc) is 3.07. The van der Waals surface area contributed by atoms with E-state index >= 15 is 0 Å². The van der Waals surface area contributed by atoms with E-state index in [0.29, 0.717) is 12.1 Å². The van der Waals surface area contributed by atoms with Crippen LogP contribution >= 0.6 is 0 Å². The number of fused-ring (bicyclic) bond motifs is 1. The molecule has 0 aliphatic rings. The van der Waals surface area contributed by atoms with Crippen LogP contribution in [0.25, 0.3) is 10.9 Å². The van der Waals surface area contributed by atoms with Gasteiger partial charge in [-0.3, -0.25) is 9.48 Å². The first-order valence-corrected chi connectivity index (χ1v) is 7.91. The quantitative estimate of drug-likeness (QED) is 0.712. The molecule has 3 aromatic rings. The van der Waals surface area contributed by atoms with Crippen molar-refractivity contribution in [3.05, 3.63) is 53.0 Å². The molecule has 0 bridgehead atoms. The Kier molecular flexibility index (Phi) is 4.19. The number of para-hydroxylation sites is 1. The van der Waals surface area contributed by atoms with E-state index in [2.05, 4.69) is 22.3 Å². The zero-order valence-corrected chi connectivity index (χ0v) is 13.8. The molecule has 3 rings (SSSR count). The van der Waals surface area contributed by atoms with Gasteiger partial charge in [0.1, 0.15) is 0 Å². The molecule has 5 nitrogen and oxygen atoms in total. The number of hydrogen-bond donors (Lipinski definition) is 2. The maximum atomic E-state index is 12.3. The number of rotatable bonds is 5. The van der Waals surface area contributed by atoms with Gasteiger partial charge in [0, 0.05) is 36.4 Å². The minimum Gasteiger partial charge on any atom is -0.360 e. The molecule has 2 N–H and O–H groups in total. The van der Waals surface area contributed by atoms with E-state index in [-0.39, 0.29) is 5.91 Å². The number of hydrogen-bond acceptors (Lipinski definition) is 2. The Hall–Kier alpha value is -2.56. The number of nitrogens with zero attached hydrogens (tertiary/aromatic N) is 2. The van der Waals surface area contributed by atoms with Crippen LogP contribution in [0.1, 0.15) is 33.7 Å². The molecule has 0 aliphatic heterocycles. The van der Waals surface area contributed by atoms with Crippen LogP contribution in [-0.4, -0.2) is 27.2 Å². The first-order valence-electron chi connectivity index (χ1n) is 7.91. The summed E-state index contributed by atoms with van der Waals surface area (Å²) in [6.07, 6.45) is 3.61. The molecule has 0 saturated carbocycles. The van der Waals surface area contributed by atoms with Gasteiger partial charge in [-0.25, -0.2) is 0 Å². The molecular formula is C18H22N4O. The maximum absolute atomic E-state index is 12.3. The third-order valence-corrected chi connectivity index (χ3v) is 4.38. The van der Waals surface area contributed by atoms with Crippen molar-refractivity contribution < 1.29 is 4.79 Å². The van der Waals surface area contributed by atoms with Crippen LogP contribution < -0.4 is 5.32 Å². The lowest BCUT2D eigenvalue weighted by atomic mass is 10.1. The summed E-state index contributed by atoms with van der Waals surface area (Å²) < 4.78 is 1.91. The number of carbonyl (C=O) groups is 1. The van der Waals surface area contributed by atoms with Gasteiger partial charge in [-0.2, -0.15) is 5.10 Å². The first kappa shape index (κ1) is 15.3. The lowest BCUT2D eigenvalue weighted by molar-refractivity contribution is 0.0955. The molecular weight excluding hydrogens is 288 g/mol. The Labute approximate surface area is 135 Å². The summed E-state index contributed by atoms with van der Waals surface area (Å²) in [4.78, 5) is 15.5. The van der Waals surface area contributed by atoms with Crippen molar-refractivity contribution in [3.63, 3.8) is 0 Å². The largest absolute Gasteiger partial charge is 0.360 e. The second kappa shape index (κ2) is 6.28. The third kappa shape index (κ3) is 2.99. The smallest absolute Gasteiger partial charge is 0.253 e. The fraction of sp³-hybridized carbons (Fsp3) is 0.333. The number of aryl methyl sites for hydroxylation is 2. The van der Waals surface area contributed by atoms with Gasteiger partial charge >= 0.3 is 0 Å². The first-order chi connectivity index (χ1) is 11.1. The number of nitrogens with one attached hydrogen (secondary N) is 2. The van der Waals surface area contributed by atoms with E-state index in [1.807, 2.05) is 42.9 Å². The molecule has 0 radical (unpaired) electrons. The Balaban J connectivity index is 1.57. The van der Waals surface area contributed by atoms with Crippen LogP contribution in [0.5, 0.6) is 0 Å². The topological polar surface area (TPSA) is 62.7 Å². The standard InChI is InChI=1S/C18H22N4O/c1-12-14(13(2)22(3)21-12)8-6-10-19-18(23)16-11-20-17-9-5-4-7-15(16)17/h4-5,7,9,11,20H,6,8,10H2,1-3H3,(H,19,23). The molecule has 0 atom stereocenters. The highest BCUT2D eigenvalue weighted by Crippen LogP contribution is 2.17. The SMILES string of the molecule is Cc1nn(C)c(C)c1CCCNC(=O)c1c[nH]c2ccccc12. The maximum Gasteiger partial charge on any atom is 0.253 e. The second-order valence-corrected chi connectivity index (χ2v) is 5.88. The van der Waals surface area contributed by atoms with Crippen LogP contribution in [0.3, 0.4) is 0 Å². The van der Waals surface area contributed by atoms with Gasteiger partial charge in [-0.05, 0) is 38.3 Å². The second-order valence-electron chi connectivity index (χ2n) is 5.88. The molecule has 5 heteroatoms. The fourth-order valence-corrected chi connectivity index (χ4v) is 3.00. The highest BCUT2D eigenvalue weighted by molar-refractivity contribution is 6.06. The highest BCUT2D eigenvalue weighted by Gasteiger charge is 2.12. The molecule has 120 valence electrons. The van der Waals surface area contributed by atoms with Crippen molar-refractivity contribution in [1.29, 1.82) is 0 Å². The van der Waals surface area contributed by atoms with Crippen molar-refractivity contribution in [3.8, 4) is 0 Å². The molecule has 0 fully saturated rings. The summed E-state index contributed by atoms with van der Waals surface area (Å²) in [5, 5.41) is 8.39. The summed E-state index contributed by atoms with van der Waals surface area (Å²) >= 11 is 0. The minimum absolute atomic E-state index is 0.0259. The molecule has 2 heterocycles. The fourth-order valence-electron chi connectivity index (χ4n) is 3.00. The summed E-state index contributed by atoms with van der Waals surface area (Å²) in [5.74, 6) is -0.0259. The van der Waals surface area contributed by atoms with Gasteiger partial charge in [-0.15, -0.1) is 0 Å². The number of aromatic amines is 1. The third-order valence-electron chi connectivity index (χ3n) is 4.38. The van der Waals surface area contributed by atoms with Crippen LogP contribution in [0.15, 0.2) is 30.5 Å². The predicted molar refractivity (Wildman–Crippen MR) is 91.6 cm³/mol. The minimum atomic E-state index is -0.0259. The van der Waals surface area contributed by atoms with Crippen molar-refractivity contribution in [2.45, 2.75) is 26.7 Å². The zero-order chi connectivity index (χ0) is 16.4. The number of H-pyrrole nitrogens is 1. The Morgan fingerprint density at radius 3 is 2.83 bits per heavy atom. The number of amides is 1. The zero-order valence-electron chi connectivity index (χ0n) is 13.8. The van der Waals surface area contributed by atoms with Gasteiger partial charge in [0.15, 0.2) is 0 Å². The lowest BCUT2D eigenvalue weighted by Gasteiger charge is -2.05. The molecule has 0 aliphatic carbocycles. The van der Waals surface area contributed by atoms with Gasteiger partial charge in [0.25, 0.3) is 5.91 Å². The summed E-state index contributed by atoms with van der Waals surface area (Å²) in [5.41, 5.74) is 5.25. The Morgan fingerprint density at radius 1 is 1.30 bits per heavy atom. The summed E-state index contributed by atoms with van der Waals surface area (Å²) in [6, 6.07) is 7.84. The number of benzene rings is 1. The predicted octanol–water partition coefficient (Wildman–Crippen LogP) is 2.88. The van der Waals surface area contributed by atoms with E-state index in [1.54, 1.807) is 6.20 Å². The van der Waals surface area contributed by atoms with E-state index in [0.717, 1.165) is 29.4 Å². The monoisotopic (exact) mass is 310 g/mol. The van der Waals surface area contributed by atoms with Crippen molar-refractivity contribution in [2.75, 3.05) is 6.54 Å². The normalized spacial score (nSPS) is 11.1. The molecule has 1 amide bonds. The average molecular weight is 310 g/mol. The molecule has 1 aromatic carbocycles. The van der Waals surface area contributed by atoms with Crippen LogP contribution in [0, 0.1) is 13.8 Å². The summed E-state index contributed by atoms with van der Waals surface area (Å²) in [7, 11) is 1.96. The number of carbonyl (C=O) groups excluding carboxylic acids is 1. The van der Waals surface area contributed by atoms with E-state index in [9.17, 15) is 4.79 Å². The van der Waals surface area contributed by atoms with Crippen LogP contribution in [-0.2, 0) is 13.5 Å². The van der Waals surface area contributed by atoms with Crippen molar-refractivity contribution in [1.82, 2.24) is 20.1 Å². The molecule has 0 unspecified atom stereocenters. The van der Waals surface area contributed by atoms with E-state index < -0.39 is 0 Å². The molecule has 0 saturated heterocycles. The van der Waals surface area contributed by atoms with Crippen molar-refractivity contribution >= 4 is 16.8 Å². The lowest BCUT2D eigenvalue weighted by Crippen LogP contribution is -2.24. The number of aromatic nitrogens is 3. The Bertz CT molecular complexity index is 844. The van der Waals surface area contributed by atoms with Gasteiger partial charge < -0.3 is 10.3 Å². The highest BCUT2D eigenvalue weighted by atomic mass is 16.1. The van der Waals surface area contributed by atoms with Gasteiger partial charge in [0.2, 0.25) is 0 Å². The van der Waals surface area contributed by atoms with Gasteiger partial charge in [-0.1, -0.05) is 18.2 Å². The van der Waals surface area contributed by atoms with E-state index in [1.165, 1.54) is 11.3 Å². The van der Waals surface area contributed by atoms with Crippen molar-refractivity contribution in [2.24, 2.45) is 7.05 Å². The molecule has 2 aromatic heterocycles. The summed E-state index contributed by atoms with van der Waals surface area (Å²) in [6.45, 7) is 4.78. The van der Waals surface area contributed by atoms with Crippen LogP contribution in [0.4, 0.5) is 0 Å². The van der Waals surface area contributed by atoms with Gasteiger partial charge in [0.05, 0.1) is 11.3 Å². The Morgan fingerprint density at radius 2 is 2.09 bits per heavy atom. The van der Waals surface area contributed by atoms with Crippen LogP contribution in [0.2, 0.25) is 0 Å². The van der Waals surface area contributed by atoms with E-state index in [4.69, 9.17) is 0 Å².